The van der Waals surface area contributed by atoms with Crippen molar-refractivity contribution >= 4 is 10.9 Å². The van der Waals surface area contributed by atoms with E-state index in [0.717, 1.165) is 28.7 Å². The zero-order valence-electron chi connectivity index (χ0n) is 18.3. The van der Waals surface area contributed by atoms with Gasteiger partial charge in [0, 0.05) is 42.0 Å². The van der Waals surface area contributed by atoms with Gasteiger partial charge in [0.05, 0.1) is 5.52 Å². The highest BCUT2D eigenvalue weighted by atomic mass is 16.5. The summed E-state index contributed by atoms with van der Waals surface area (Å²) in [7, 11) is 0. The van der Waals surface area contributed by atoms with E-state index in [4.69, 9.17) is 9.47 Å². The third kappa shape index (κ3) is 5.53. The molecule has 0 aliphatic heterocycles. The molecule has 0 spiro atoms. The fourth-order valence-corrected chi connectivity index (χ4v) is 3.33. The van der Waals surface area contributed by atoms with Crippen LogP contribution in [0.25, 0.3) is 16.6 Å². The summed E-state index contributed by atoms with van der Waals surface area (Å²) in [6.07, 6.45) is 1.73. The van der Waals surface area contributed by atoms with Crippen molar-refractivity contribution < 1.29 is 9.47 Å². The number of nitrogens with one attached hydrogen (secondary N) is 1. The summed E-state index contributed by atoms with van der Waals surface area (Å²) >= 11 is 0. The van der Waals surface area contributed by atoms with E-state index >= 15 is 0 Å². The number of aromatic nitrogens is 2. The van der Waals surface area contributed by atoms with Gasteiger partial charge in [-0.1, -0.05) is 44.2 Å². The standard InChI is InChI=1S/C26H27N3O3/c1-19(2)27-13-15-31-25-11-8-21-16-22(9-10-24(21)28-25)29-14-12-23(17-26(29)30)32-18-20-6-4-3-5-7-20/h3-12,14,16-17,19,27H,13,15,18H2,1-2H3. The number of hydrogen-bond acceptors (Lipinski definition) is 5. The normalized spacial score (nSPS) is 11.1. The van der Waals surface area contributed by atoms with Gasteiger partial charge < -0.3 is 14.8 Å². The Kier molecular flexibility index (Phi) is 6.82. The van der Waals surface area contributed by atoms with Crippen LogP contribution in [-0.2, 0) is 6.61 Å². The van der Waals surface area contributed by atoms with E-state index < -0.39 is 0 Å². The van der Waals surface area contributed by atoms with Crippen LogP contribution in [-0.4, -0.2) is 28.7 Å². The summed E-state index contributed by atoms with van der Waals surface area (Å²) in [6.45, 7) is 5.95. The molecule has 0 bridgehead atoms. The lowest BCUT2D eigenvalue weighted by molar-refractivity contribution is 0.299. The summed E-state index contributed by atoms with van der Waals surface area (Å²) in [6, 6.07) is 23.1. The van der Waals surface area contributed by atoms with Crippen LogP contribution in [0.3, 0.4) is 0 Å². The number of nitrogens with zero attached hydrogens (tertiary/aromatic N) is 2. The summed E-state index contributed by atoms with van der Waals surface area (Å²) < 4.78 is 13.1. The van der Waals surface area contributed by atoms with Crippen LogP contribution in [0.4, 0.5) is 0 Å². The third-order valence-corrected chi connectivity index (χ3v) is 4.97. The Balaban J connectivity index is 1.45. The molecule has 0 radical (unpaired) electrons. The fourth-order valence-electron chi connectivity index (χ4n) is 3.33. The van der Waals surface area contributed by atoms with Crippen molar-refractivity contribution in [2.45, 2.75) is 26.5 Å². The average molecular weight is 430 g/mol. The van der Waals surface area contributed by atoms with Crippen molar-refractivity contribution in [3.63, 3.8) is 0 Å². The summed E-state index contributed by atoms with van der Waals surface area (Å²) in [5.41, 5.74) is 2.49. The predicted molar refractivity (Wildman–Crippen MR) is 127 cm³/mol. The highest BCUT2D eigenvalue weighted by Crippen LogP contribution is 2.20. The van der Waals surface area contributed by atoms with E-state index in [1.54, 1.807) is 16.8 Å². The first-order valence-electron chi connectivity index (χ1n) is 10.8. The Hall–Kier alpha value is -3.64. The molecule has 0 unspecified atom stereocenters. The largest absolute Gasteiger partial charge is 0.489 e. The predicted octanol–water partition coefficient (Wildman–Crippen LogP) is 4.34. The van der Waals surface area contributed by atoms with Crippen molar-refractivity contribution in [3.8, 4) is 17.3 Å². The Bertz CT molecular complexity index is 1240. The third-order valence-electron chi connectivity index (χ3n) is 4.97. The number of ether oxygens (including phenoxy) is 2. The van der Waals surface area contributed by atoms with Gasteiger partial charge in [-0.05, 0) is 35.9 Å². The van der Waals surface area contributed by atoms with Gasteiger partial charge >= 0.3 is 0 Å². The Morgan fingerprint density at radius 3 is 2.59 bits per heavy atom. The van der Waals surface area contributed by atoms with Crippen molar-refractivity contribution in [1.82, 2.24) is 14.9 Å². The monoisotopic (exact) mass is 429 g/mol. The van der Waals surface area contributed by atoms with Gasteiger partial charge in [-0.2, -0.15) is 0 Å². The van der Waals surface area contributed by atoms with Crippen LogP contribution in [0.2, 0.25) is 0 Å². The molecule has 2 aromatic carbocycles. The molecule has 6 nitrogen and oxygen atoms in total. The van der Waals surface area contributed by atoms with E-state index in [2.05, 4.69) is 24.1 Å². The molecular formula is C26H27N3O3. The first-order valence-corrected chi connectivity index (χ1v) is 10.8. The minimum absolute atomic E-state index is 0.152. The molecule has 4 aromatic rings. The van der Waals surface area contributed by atoms with Gasteiger partial charge in [0.15, 0.2) is 0 Å². The second-order valence-corrected chi connectivity index (χ2v) is 7.83. The highest BCUT2D eigenvalue weighted by molar-refractivity contribution is 5.81. The first kappa shape index (κ1) is 21.6. The maximum absolute atomic E-state index is 12.7. The van der Waals surface area contributed by atoms with E-state index in [1.807, 2.05) is 60.7 Å². The SMILES string of the molecule is CC(C)NCCOc1ccc2cc(-n3ccc(OCc4ccccc4)cc3=O)ccc2n1. The highest BCUT2D eigenvalue weighted by Gasteiger charge is 2.06. The van der Waals surface area contributed by atoms with Crippen molar-refractivity contribution in [3.05, 3.63) is 94.9 Å². The minimum atomic E-state index is -0.152. The Labute approximate surface area is 187 Å². The molecule has 0 fully saturated rings. The Morgan fingerprint density at radius 2 is 1.81 bits per heavy atom. The van der Waals surface area contributed by atoms with Gasteiger partial charge in [-0.3, -0.25) is 9.36 Å². The molecule has 0 amide bonds. The number of rotatable bonds is 9. The van der Waals surface area contributed by atoms with Gasteiger partial charge in [0.25, 0.3) is 5.56 Å². The molecule has 1 N–H and O–H groups in total. The molecule has 164 valence electrons. The van der Waals surface area contributed by atoms with Crippen molar-refractivity contribution in [2.75, 3.05) is 13.2 Å². The zero-order valence-corrected chi connectivity index (χ0v) is 18.3. The fraction of sp³-hybridized carbons (Fsp3) is 0.231. The van der Waals surface area contributed by atoms with Gasteiger partial charge in [-0.25, -0.2) is 4.98 Å². The van der Waals surface area contributed by atoms with E-state index in [0.29, 0.717) is 30.9 Å². The maximum atomic E-state index is 12.7. The maximum Gasteiger partial charge on any atom is 0.258 e. The quantitative estimate of drug-likeness (QED) is 0.401. The summed E-state index contributed by atoms with van der Waals surface area (Å²) in [5, 5.41) is 4.25. The lowest BCUT2D eigenvalue weighted by Gasteiger charge is -2.11. The molecule has 0 saturated carbocycles. The molecule has 2 aromatic heterocycles. The molecule has 32 heavy (non-hydrogen) atoms. The van der Waals surface area contributed by atoms with E-state index in [-0.39, 0.29) is 5.56 Å². The first-order chi connectivity index (χ1) is 15.6. The topological polar surface area (TPSA) is 65.4 Å². The molecule has 0 atom stereocenters. The van der Waals surface area contributed by atoms with Crippen molar-refractivity contribution in [2.24, 2.45) is 0 Å². The molecule has 0 aliphatic rings. The minimum Gasteiger partial charge on any atom is -0.489 e. The second-order valence-electron chi connectivity index (χ2n) is 7.83. The van der Waals surface area contributed by atoms with Gasteiger partial charge in [0.1, 0.15) is 19.0 Å². The van der Waals surface area contributed by atoms with Gasteiger partial charge in [0.2, 0.25) is 5.88 Å². The van der Waals surface area contributed by atoms with Crippen LogP contribution in [0, 0.1) is 0 Å². The number of benzene rings is 2. The average Bonchev–Trinajstić information content (AvgIpc) is 2.81. The molecule has 0 saturated heterocycles. The van der Waals surface area contributed by atoms with Crippen LogP contribution in [0.1, 0.15) is 19.4 Å². The number of pyridine rings is 2. The van der Waals surface area contributed by atoms with Crippen LogP contribution < -0.4 is 20.3 Å². The van der Waals surface area contributed by atoms with Crippen LogP contribution in [0.15, 0.2) is 83.8 Å². The van der Waals surface area contributed by atoms with Crippen molar-refractivity contribution in [1.29, 1.82) is 0 Å². The van der Waals surface area contributed by atoms with Gasteiger partial charge in [-0.15, -0.1) is 0 Å². The van der Waals surface area contributed by atoms with E-state index in [1.165, 1.54) is 6.07 Å². The Morgan fingerprint density at radius 1 is 0.969 bits per heavy atom. The lowest BCUT2D eigenvalue weighted by Crippen LogP contribution is -2.27. The number of hydrogen-bond donors (Lipinski definition) is 1. The molecular weight excluding hydrogens is 402 g/mol. The summed E-state index contributed by atoms with van der Waals surface area (Å²) in [5.74, 6) is 1.14. The lowest BCUT2D eigenvalue weighted by atomic mass is 10.2. The molecule has 2 heterocycles. The molecule has 0 aliphatic carbocycles. The van der Waals surface area contributed by atoms with Crippen LogP contribution in [0.5, 0.6) is 11.6 Å². The van der Waals surface area contributed by atoms with E-state index in [9.17, 15) is 4.79 Å². The second kappa shape index (κ2) is 10.1. The summed E-state index contributed by atoms with van der Waals surface area (Å²) in [4.78, 5) is 17.2. The number of fused-ring (bicyclic) bond motifs is 1. The zero-order chi connectivity index (χ0) is 22.3. The molecule has 4 rings (SSSR count). The molecule has 6 heteroatoms. The van der Waals surface area contributed by atoms with Crippen LogP contribution >= 0.6 is 0 Å². The smallest absolute Gasteiger partial charge is 0.258 e.